The Bertz CT molecular complexity index is 514. The van der Waals surface area contributed by atoms with Gasteiger partial charge in [0.15, 0.2) is 5.76 Å². The first-order chi connectivity index (χ1) is 8.99. The summed E-state index contributed by atoms with van der Waals surface area (Å²) in [6.07, 6.45) is 1.04. The molecule has 2 heterocycles. The van der Waals surface area contributed by atoms with Crippen LogP contribution in [0.2, 0.25) is 0 Å². The number of amides is 2. The van der Waals surface area contributed by atoms with Crippen molar-refractivity contribution in [2.24, 2.45) is 11.7 Å². The van der Waals surface area contributed by atoms with Gasteiger partial charge < -0.3 is 20.2 Å². The average Bonchev–Trinajstić information content (AvgIpc) is 2.87. The quantitative estimate of drug-likeness (QED) is 0.817. The molecule has 3 N–H and O–H groups in total. The summed E-state index contributed by atoms with van der Waals surface area (Å²) < 4.78 is 4.95. The monoisotopic (exact) mass is 266 g/mol. The lowest BCUT2D eigenvalue weighted by molar-refractivity contribution is -0.123. The lowest BCUT2D eigenvalue weighted by atomic mass is 9.96. The van der Waals surface area contributed by atoms with Crippen molar-refractivity contribution in [3.05, 3.63) is 23.7 Å². The Kier molecular flexibility index (Phi) is 3.55. The van der Waals surface area contributed by atoms with Crippen molar-refractivity contribution in [2.75, 3.05) is 13.1 Å². The Hall–Kier alpha value is -2.31. The Labute approximate surface area is 109 Å². The van der Waals surface area contributed by atoms with Crippen LogP contribution in [0.25, 0.3) is 0 Å². The van der Waals surface area contributed by atoms with Crippen LogP contribution >= 0.6 is 0 Å². The molecule has 2 rings (SSSR count). The number of likely N-dealkylation sites (tertiary alicyclic amines) is 1. The molecular formula is C12H14N2O5. The predicted octanol–water partition coefficient (Wildman–Crippen LogP) is 0.315. The fourth-order valence-electron chi connectivity index (χ4n) is 2.09. The van der Waals surface area contributed by atoms with E-state index >= 15 is 0 Å². The van der Waals surface area contributed by atoms with Crippen molar-refractivity contribution in [1.29, 1.82) is 0 Å². The first-order valence-electron chi connectivity index (χ1n) is 5.90. The lowest BCUT2D eigenvalue weighted by Gasteiger charge is -2.29. The van der Waals surface area contributed by atoms with Gasteiger partial charge in [0.05, 0.1) is 0 Å². The largest absolute Gasteiger partial charge is 0.475 e. The van der Waals surface area contributed by atoms with Crippen LogP contribution in [0.4, 0.5) is 0 Å². The highest BCUT2D eigenvalue weighted by atomic mass is 16.4. The van der Waals surface area contributed by atoms with E-state index in [4.69, 9.17) is 15.3 Å². The molecule has 0 bridgehead atoms. The fourth-order valence-corrected chi connectivity index (χ4v) is 2.09. The number of hydrogen-bond donors (Lipinski definition) is 2. The number of piperidine rings is 1. The number of aromatic carboxylic acids is 1. The number of hydrogen-bond acceptors (Lipinski definition) is 4. The third-order valence-corrected chi connectivity index (χ3v) is 3.21. The average molecular weight is 266 g/mol. The van der Waals surface area contributed by atoms with E-state index in [1.165, 1.54) is 17.0 Å². The molecule has 0 spiro atoms. The number of primary amides is 1. The molecule has 1 aliphatic rings. The van der Waals surface area contributed by atoms with E-state index in [1.54, 1.807) is 0 Å². The van der Waals surface area contributed by atoms with Gasteiger partial charge in [-0.1, -0.05) is 0 Å². The number of carboxylic acids is 1. The summed E-state index contributed by atoms with van der Waals surface area (Å²) in [6, 6.07) is 2.58. The molecule has 19 heavy (non-hydrogen) atoms. The highest BCUT2D eigenvalue weighted by molar-refractivity contribution is 5.93. The molecule has 0 aromatic carbocycles. The molecule has 0 atom stereocenters. The maximum Gasteiger partial charge on any atom is 0.371 e. The van der Waals surface area contributed by atoms with Crippen LogP contribution in [-0.2, 0) is 4.79 Å². The summed E-state index contributed by atoms with van der Waals surface area (Å²) in [5.74, 6) is -2.40. The predicted molar refractivity (Wildman–Crippen MR) is 63.5 cm³/mol. The summed E-state index contributed by atoms with van der Waals surface area (Å²) in [6.45, 7) is 0.824. The highest BCUT2D eigenvalue weighted by Gasteiger charge is 2.28. The van der Waals surface area contributed by atoms with E-state index in [1.807, 2.05) is 0 Å². The number of nitrogens with zero attached hydrogens (tertiary/aromatic N) is 1. The maximum absolute atomic E-state index is 12.0. The summed E-state index contributed by atoms with van der Waals surface area (Å²) in [4.78, 5) is 35.2. The molecule has 7 nitrogen and oxygen atoms in total. The number of rotatable bonds is 3. The van der Waals surface area contributed by atoms with Gasteiger partial charge in [-0.05, 0) is 25.0 Å². The van der Waals surface area contributed by atoms with E-state index in [2.05, 4.69) is 0 Å². The van der Waals surface area contributed by atoms with Crippen LogP contribution in [0, 0.1) is 5.92 Å². The third kappa shape index (κ3) is 2.75. The van der Waals surface area contributed by atoms with E-state index in [0.717, 1.165) is 0 Å². The normalized spacial score (nSPS) is 16.3. The first-order valence-corrected chi connectivity index (χ1v) is 5.90. The van der Waals surface area contributed by atoms with Gasteiger partial charge in [-0.3, -0.25) is 9.59 Å². The van der Waals surface area contributed by atoms with Gasteiger partial charge in [-0.25, -0.2) is 4.79 Å². The summed E-state index contributed by atoms with van der Waals surface area (Å²) in [5, 5.41) is 8.72. The molecule has 1 saturated heterocycles. The number of carbonyl (C=O) groups is 3. The fraction of sp³-hybridized carbons (Fsp3) is 0.417. The smallest absolute Gasteiger partial charge is 0.371 e. The molecule has 1 aromatic rings. The van der Waals surface area contributed by atoms with Gasteiger partial charge >= 0.3 is 5.97 Å². The third-order valence-electron chi connectivity index (χ3n) is 3.21. The van der Waals surface area contributed by atoms with Crippen molar-refractivity contribution in [3.8, 4) is 0 Å². The molecule has 0 radical (unpaired) electrons. The molecule has 1 aromatic heterocycles. The summed E-state index contributed by atoms with van der Waals surface area (Å²) >= 11 is 0. The zero-order valence-corrected chi connectivity index (χ0v) is 10.2. The van der Waals surface area contributed by atoms with Crippen LogP contribution in [-0.4, -0.2) is 40.9 Å². The van der Waals surface area contributed by atoms with Crippen LogP contribution in [0.15, 0.2) is 16.5 Å². The van der Waals surface area contributed by atoms with Crippen molar-refractivity contribution in [3.63, 3.8) is 0 Å². The number of carbonyl (C=O) groups excluding carboxylic acids is 2. The molecule has 7 heteroatoms. The second-order valence-corrected chi connectivity index (χ2v) is 4.44. The lowest BCUT2D eigenvalue weighted by Crippen LogP contribution is -2.41. The standard InChI is InChI=1S/C12H14N2O5/c13-10(15)7-3-5-14(6-4-7)11(16)8-1-2-9(19-8)12(17)18/h1-2,7H,3-6H2,(H2,13,15)(H,17,18). The number of nitrogens with two attached hydrogens (primary N) is 1. The van der Waals surface area contributed by atoms with E-state index < -0.39 is 5.97 Å². The van der Waals surface area contributed by atoms with Crippen molar-refractivity contribution >= 4 is 17.8 Å². The van der Waals surface area contributed by atoms with E-state index in [9.17, 15) is 14.4 Å². The molecule has 1 aliphatic heterocycles. The van der Waals surface area contributed by atoms with Gasteiger partial charge in [-0.15, -0.1) is 0 Å². The molecule has 0 saturated carbocycles. The van der Waals surface area contributed by atoms with Crippen LogP contribution in [0.1, 0.15) is 34.0 Å². The van der Waals surface area contributed by atoms with E-state index in [-0.39, 0.29) is 29.3 Å². The van der Waals surface area contributed by atoms with Gasteiger partial charge in [0.2, 0.25) is 11.7 Å². The first kappa shape index (κ1) is 13.1. The van der Waals surface area contributed by atoms with E-state index in [0.29, 0.717) is 25.9 Å². The van der Waals surface area contributed by atoms with Gasteiger partial charge in [0.25, 0.3) is 5.91 Å². The number of carboxylic acid groups (broad SMARTS) is 1. The molecular weight excluding hydrogens is 252 g/mol. The summed E-state index contributed by atoms with van der Waals surface area (Å²) in [5.41, 5.74) is 5.21. The molecule has 0 unspecified atom stereocenters. The molecule has 102 valence electrons. The van der Waals surface area contributed by atoms with Crippen molar-refractivity contribution in [2.45, 2.75) is 12.8 Å². The van der Waals surface area contributed by atoms with Crippen LogP contribution in [0.5, 0.6) is 0 Å². The van der Waals surface area contributed by atoms with Crippen molar-refractivity contribution in [1.82, 2.24) is 4.90 Å². The highest BCUT2D eigenvalue weighted by Crippen LogP contribution is 2.19. The second-order valence-electron chi connectivity index (χ2n) is 4.44. The second kappa shape index (κ2) is 5.13. The van der Waals surface area contributed by atoms with Crippen LogP contribution in [0.3, 0.4) is 0 Å². The molecule has 2 amide bonds. The summed E-state index contributed by atoms with van der Waals surface area (Å²) in [7, 11) is 0. The topological polar surface area (TPSA) is 114 Å². The zero-order chi connectivity index (χ0) is 14.0. The minimum atomic E-state index is -1.22. The van der Waals surface area contributed by atoms with Gasteiger partial charge in [-0.2, -0.15) is 0 Å². The van der Waals surface area contributed by atoms with Crippen LogP contribution < -0.4 is 5.73 Å². The Morgan fingerprint density at radius 1 is 1.21 bits per heavy atom. The number of furan rings is 1. The minimum absolute atomic E-state index is 0.00470. The minimum Gasteiger partial charge on any atom is -0.475 e. The molecule has 0 aliphatic carbocycles. The molecule has 1 fully saturated rings. The maximum atomic E-state index is 12.0. The Balaban J connectivity index is 2.01. The SMILES string of the molecule is NC(=O)C1CCN(C(=O)c2ccc(C(=O)O)o2)CC1. The zero-order valence-electron chi connectivity index (χ0n) is 10.2. The van der Waals surface area contributed by atoms with Gasteiger partial charge in [0, 0.05) is 19.0 Å². The van der Waals surface area contributed by atoms with Gasteiger partial charge in [0.1, 0.15) is 0 Å². The Morgan fingerprint density at radius 3 is 2.26 bits per heavy atom. The van der Waals surface area contributed by atoms with Crippen molar-refractivity contribution < 1.29 is 23.9 Å². The Morgan fingerprint density at radius 2 is 1.79 bits per heavy atom.